The Morgan fingerprint density at radius 3 is 2.15 bits per heavy atom. The van der Waals surface area contributed by atoms with Gasteiger partial charge in [0.15, 0.2) is 0 Å². The summed E-state index contributed by atoms with van der Waals surface area (Å²) in [6, 6.07) is 6.88. The lowest BCUT2D eigenvalue weighted by Gasteiger charge is -2.50. The number of rotatable bonds is 2. The zero-order valence-corrected chi connectivity index (χ0v) is 14.3. The zero-order valence-electron chi connectivity index (χ0n) is 12.7. The molecule has 1 aromatic rings. The van der Waals surface area contributed by atoms with E-state index in [4.69, 9.17) is 0 Å². The lowest BCUT2D eigenvalue weighted by Crippen LogP contribution is -2.56. The minimum Gasteiger partial charge on any atom is -0.365 e. The highest BCUT2D eigenvalue weighted by Crippen LogP contribution is 2.39. The van der Waals surface area contributed by atoms with Crippen LogP contribution >= 0.6 is 15.9 Å². The van der Waals surface area contributed by atoms with Gasteiger partial charge < -0.3 is 10.2 Å². The van der Waals surface area contributed by atoms with Crippen molar-refractivity contribution in [2.24, 2.45) is 0 Å². The molecule has 2 fully saturated rings. The van der Waals surface area contributed by atoms with Crippen LogP contribution in [-0.2, 0) is 0 Å². The van der Waals surface area contributed by atoms with E-state index in [0.29, 0.717) is 6.04 Å². The maximum absolute atomic E-state index is 3.69. The van der Waals surface area contributed by atoms with Gasteiger partial charge in [0.1, 0.15) is 0 Å². The molecule has 3 heteroatoms. The van der Waals surface area contributed by atoms with Crippen LogP contribution in [0, 0.1) is 13.8 Å². The predicted octanol–water partition coefficient (Wildman–Crippen LogP) is 4.18. The Hall–Kier alpha value is -0.540. The molecule has 2 aliphatic heterocycles. The summed E-state index contributed by atoms with van der Waals surface area (Å²) in [6.07, 6.45) is 6.69. The molecule has 2 aliphatic rings. The molecule has 2 atom stereocenters. The van der Waals surface area contributed by atoms with Gasteiger partial charge in [-0.2, -0.15) is 0 Å². The number of halogens is 1. The van der Waals surface area contributed by atoms with Crippen LogP contribution in [0.3, 0.4) is 0 Å². The number of piperidine rings is 2. The highest BCUT2D eigenvalue weighted by Gasteiger charge is 2.37. The van der Waals surface area contributed by atoms with Gasteiger partial charge in [-0.3, -0.25) is 0 Å². The monoisotopic (exact) mass is 336 g/mol. The maximum Gasteiger partial charge on any atom is 0.0377 e. The Kier molecular flexibility index (Phi) is 4.09. The predicted molar refractivity (Wildman–Crippen MR) is 89.6 cm³/mol. The second kappa shape index (κ2) is 5.69. The number of nitrogens with one attached hydrogen (secondary N) is 1. The fourth-order valence-electron chi connectivity index (χ4n) is 4.11. The summed E-state index contributed by atoms with van der Waals surface area (Å²) in [4.78, 5) is 2.73. The molecule has 1 N–H and O–H groups in total. The number of fused-ring (bicyclic) bond motifs is 2. The molecule has 0 aromatic heterocycles. The van der Waals surface area contributed by atoms with Crippen LogP contribution in [0.5, 0.6) is 0 Å². The first-order valence-corrected chi connectivity index (χ1v) is 8.61. The van der Waals surface area contributed by atoms with E-state index in [1.165, 1.54) is 53.4 Å². The van der Waals surface area contributed by atoms with E-state index < -0.39 is 0 Å². The zero-order chi connectivity index (χ0) is 14.3. The maximum atomic E-state index is 3.69. The van der Waals surface area contributed by atoms with E-state index >= 15 is 0 Å². The molecule has 0 radical (unpaired) electrons. The molecule has 110 valence electrons. The van der Waals surface area contributed by atoms with Gasteiger partial charge in [-0.15, -0.1) is 0 Å². The van der Waals surface area contributed by atoms with Crippen molar-refractivity contribution in [2.75, 3.05) is 11.9 Å². The Bertz CT molecular complexity index is 463. The molecule has 3 rings (SSSR count). The van der Waals surface area contributed by atoms with Gasteiger partial charge in [-0.25, -0.2) is 0 Å². The average Bonchev–Trinajstić information content (AvgIpc) is 2.42. The molecule has 0 spiro atoms. The van der Waals surface area contributed by atoms with E-state index in [1.807, 2.05) is 0 Å². The van der Waals surface area contributed by atoms with Gasteiger partial charge in [0.05, 0.1) is 0 Å². The number of nitrogens with zero attached hydrogens (tertiary/aromatic N) is 1. The quantitative estimate of drug-likeness (QED) is 0.871. The molecular formula is C17H25BrN2. The molecule has 0 amide bonds. The van der Waals surface area contributed by atoms with Gasteiger partial charge >= 0.3 is 0 Å². The Labute approximate surface area is 131 Å². The first-order chi connectivity index (χ1) is 9.60. The standard InChI is InChI=1S/C17H25BrN2/c1-11-7-16(8-12(2)17(11)18)20-14-5-4-6-15(20)10-13(9-14)19-3/h7-8,13-15,19H,4-6,9-10H2,1-3H3. The van der Waals surface area contributed by atoms with Crippen molar-refractivity contribution >= 4 is 21.6 Å². The second-order valence-electron chi connectivity index (χ2n) is 6.50. The van der Waals surface area contributed by atoms with Crippen LogP contribution in [-0.4, -0.2) is 25.2 Å². The van der Waals surface area contributed by atoms with Crippen molar-refractivity contribution in [1.29, 1.82) is 0 Å². The van der Waals surface area contributed by atoms with Gasteiger partial charge in [0.2, 0.25) is 0 Å². The van der Waals surface area contributed by atoms with Gasteiger partial charge in [-0.05, 0) is 76.3 Å². The van der Waals surface area contributed by atoms with Gasteiger partial charge in [0, 0.05) is 28.3 Å². The lowest BCUT2D eigenvalue weighted by atomic mass is 9.81. The summed E-state index contributed by atoms with van der Waals surface area (Å²) >= 11 is 3.69. The van der Waals surface area contributed by atoms with Crippen LogP contribution in [0.2, 0.25) is 0 Å². The van der Waals surface area contributed by atoms with Crippen LogP contribution < -0.4 is 10.2 Å². The molecule has 2 heterocycles. The largest absolute Gasteiger partial charge is 0.365 e. The summed E-state index contributed by atoms with van der Waals surface area (Å²) in [5.41, 5.74) is 4.15. The van der Waals surface area contributed by atoms with E-state index in [0.717, 1.165) is 12.1 Å². The van der Waals surface area contributed by atoms with Crippen molar-refractivity contribution in [1.82, 2.24) is 5.32 Å². The first-order valence-electron chi connectivity index (χ1n) is 7.82. The molecule has 2 unspecified atom stereocenters. The van der Waals surface area contributed by atoms with E-state index in [2.05, 4.69) is 59.2 Å². The van der Waals surface area contributed by atoms with Crippen molar-refractivity contribution in [3.8, 4) is 0 Å². The summed E-state index contributed by atoms with van der Waals surface area (Å²) in [5.74, 6) is 0. The summed E-state index contributed by atoms with van der Waals surface area (Å²) < 4.78 is 1.26. The topological polar surface area (TPSA) is 15.3 Å². The third kappa shape index (κ3) is 2.50. The summed E-state index contributed by atoms with van der Waals surface area (Å²) in [6.45, 7) is 4.41. The number of anilines is 1. The summed E-state index contributed by atoms with van der Waals surface area (Å²) in [7, 11) is 2.12. The number of hydrogen-bond acceptors (Lipinski definition) is 2. The molecule has 0 saturated carbocycles. The molecule has 1 aromatic carbocycles. The van der Waals surface area contributed by atoms with Crippen molar-refractivity contribution in [2.45, 2.75) is 64.1 Å². The molecular weight excluding hydrogens is 312 g/mol. The Balaban J connectivity index is 1.93. The van der Waals surface area contributed by atoms with E-state index in [-0.39, 0.29) is 0 Å². The summed E-state index contributed by atoms with van der Waals surface area (Å²) in [5, 5.41) is 3.50. The SMILES string of the molecule is CNC1CC2CCCC(C1)N2c1cc(C)c(Br)c(C)c1. The van der Waals surface area contributed by atoms with E-state index in [9.17, 15) is 0 Å². The van der Waals surface area contributed by atoms with Gasteiger partial charge in [-0.1, -0.05) is 15.9 Å². The molecule has 0 aliphatic carbocycles. The fourth-order valence-corrected chi connectivity index (χ4v) is 4.34. The minimum atomic E-state index is 0.708. The average molecular weight is 337 g/mol. The molecule has 2 saturated heterocycles. The smallest absolute Gasteiger partial charge is 0.0377 e. The minimum absolute atomic E-state index is 0.708. The molecule has 20 heavy (non-hydrogen) atoms. The number of hydrogen-bond donors (Lipinski definition) is 1. The van der Waals surface area contributed by atoms with Crippen molar-refractivity contribution in [3.05, 3.63) is 27.7 Å². The van der Waals surface area contributed by atoms with Crippen LogP contribution in [0.4, 0.5) is 5.69 Å². The fraction of sp³-hybridized carbons (Fsp3) is 0.647. The number of benzene rings is 1. The second-order valence-corrected chi connectivity index (χ2v) is 7.29. The third-order valence-corrected chi connectivity index (χ3v) is 6.35. The molecule has 2 bridgehead atoms. The third-order valence-electron chi connectivity index (χ3n) is 5.10. The van der Waals surface area contributed by atoms with Gasteiger partial charge in [0.25, 0.3) is 0 Å². The Morgan fingerprint density at radius 2 is 1.65 bits per heavy atom. The van der Waals surface area contributed by atoms with Crippen molar-refractivity contribution < 1.29 is 0 Å². The number of aryl methyl sites for hydroxylation is 2. The van der Waals surface area contributed by atoms with Crippen molar-refractivity contribution in [3.63, 3.8) is 0 Å². The van der Waals surface area contributed by atoms with E-state index in [1.54, 1.807) is 0 Å². The van der Waals surface area contributed by atoms with Crippen LogP contribution in [0.1, 0.15) is 43.2 Å². The highest BCUT2D eigenvalue weighted by molar-refractivity contribution is 9.10. The highest BCUT2D eigenvalue weighted by atomic mass is 79.9. The first kappa shape index (κ1) is 14.4. The van der Waals surface area contributed by atoms with Crippen LogP contribution in [0.15, 0.2) is 16.6 Å². The lowest BCUT2D eigenvalue weighted by molar-refractivity contribution is 0.252. The Morgan fingerprint density at radius 1 is 1.10 bits per heavy atom. The normalized spacial score (nSPS) is 29.6. The molecule has 2 nitrogen and oxygen atoms in total. The van der Waals surface area contributed by atoms with Crippen LogP contribution in [0.25, 0.3) is 0 Å².